The van der Waals surface area contributed by atoms with Crippen LogP contribution >= 0.6 is 0 Å². The Balaban J connectivity index is 1.74. The number of ether oxygens (including phenoxy) is 2. The molecular formula is C23H23F7O3. The fourth-order valence-corrected chi connectivity index (χ4v) is 4.21. The van der Waals surface area contributed by atoms with E-state index in [-0.39, 0.29) is 29.9 Å². The monoisotopic (exact) mass is 480 g/mol. The Kier molecular flexibility index (Phi) is 7.74. The van der Waals surface area contributed by atoms with Crippen LogP contribution in [0.25, 0.3) is 10.8 Å². The Hall–Kier alpha value is -2.52. The molecule has 0 saturated heterocycles. The summed E-state index contributed by atoms with van der Waals surface area (Å²) in [5, 5.41) is -0.646. The van der Waals surface area contributed by atoms with Gasteiger partial charge in [-0.25, -0.2) is 17.6 Å². The number of rotatable bonds is 7. The van der Waals surface area contributed by atoms with Gasteiger partial charge in [0.15, 0.2) is 11.6 Å². The van der Waals surface area contributed by atoms with Crippen molar-refractivity contribution < 1.29 is 45.0 Å². The van der Waals surface area contributed by atoms with Crippen LogP contribution in [-0.4, -0.2) is 24.7 Å². The first kappa shape index (κ1) is 25.1. The van der Waals surface area contributed by atoms with E-state index in [1.807, 2.05) is 6.92 Å². The molecule has 3 nitrogen and oxygen atoms in total. The summed E-state index contributed by atoms with van der Waals surface area (Å²) < 4.78 is 103. The third-order valence-corrected chi connectivity index (χ3v) is 5.78. The summed E-state index contributed by atoms with van der Waals surface area (Å²) in [6.45, 7) is 2.02. The normalized spacial score (nSPS) is 23.5. The van der Waals surface area contributed by atoms with Crippen molar-refractivity contribution in [2.75, 3.05) is 0 Å². The second kappa shape index (κ2) is 10.2. The third-order valence-electron chi connectivity index (χ3n) is 5.78. The number of hydrogen-bond donors (Lipinski definition) is 0. The molecule has 2 aromatic rings. The van der Waals surface area contributed by atoms with Gasteiger partial charge in [0.05, 0.1) is 0 Å². The van der Waals surface area contributed by atoms with Crippen LogP contribution in [0.1, 0.15) is 45.4 Å². The third kappa shape index (κ3) is 6.09. The van der Waals surface area contributed by atoms with E-state index in [2.05, 4.69) is 4.74 Å². The van der Waals surface area contributed by atoms with Crippen molar-refractivity contribution in [1.29, 1.82) is 0 Å². The average Bonchev–Trinajstić information content (AvgIpc) is 2.70. The molecule has 0 heterocycles. The van der Waals surface area contributed by atoms with E-state index >= 15 is 0 Å². The van der Waals surface area contributed by atoms with Crippen molar-refractivity contribution in [1.82, 2.24) is 0 Å². The summed E-state index contributed by atoms with van der Waals surface area (Å²) in [7, 11) is 0. The first-order valence-corrected chi connectivity index (χ1v) is 10.7. The molecule has 0 bridgehead atoms. The fraction of sp³-hybridized carbons (Fsp3) is 0.522. The molecule has 2 aromatic carbocycles. The maximum Gasteiger partial charge on any atom is 0.573 e. The van der Waals surface area contributed by atoms with E-state index in [0.29, 0.717) is 12.5 Å². The van der Waals surface area contributed by atoms with Crippen molar-refractivity contribution in [3.8, 4) is 11.5 Å². The minimum atomic E-state index is -5.30. The van der Waals surface area contributed by atoms with Crippen LogP contribution in [0.3, 0.4) is 0 Å². The van der Waals surface area contributed by atoms with Crippen LogP contribution in [0, 0.1) is 23.5 Å². The van der Waals surface area contributed by atoms with E-state index in [4.69, 9.17) is 4.74 Å². The molecule has 33 heavy (non-hydrogen) atoms. The highest BCUT2D eigenvalue weighted by Crippen LogP contribution is 2.38. The Labute approximate surface area is 185 Å². The van der Waals surface area contributed by atoms with Crippen LogP contribution < -0.4 is 9.47 Å². The lowest BCUT2D eigenvalue weighted by molar-refractivity contribution is -0.276. The summed E-state index contributed by atoms with van der Waals surface area (Å²) in [5.41, 5.74) is 0. The van der Waals surface area contributed by atoms with Gasteiger partial charge in [-0.2, -0.15) is 0 Å². The summed E-state index contributed by atoms with van der Waals surface area (Å²) in [5.74, 6) is -8.01. The molecular weight excluding hydrogens is 457 g/mol. The largest absolute Gasteiger partial charge is 0.573 e. The van der Waals surface area contributed by atoms with Crippen LogP contribution in [0.4, 0.5) is 30.7 Å². The molecule has 3 rings (SSSR count). The van der Waals surface area contributed by atoms with Gasteiger partial charge in [-0.15, -0.1) is 13.2 Å². The molecule has 1 aliphatic carbocycles. The number of benzene rings is 2. The maximum atomic E-state index is 14.6. The Morgan fingerprint density at radius 1 is 1.06 bits per heavy atom. The van der Waals surface area contributed by atoms with Crippen molar-refractivity contribution in [2.45, 2.75) is 64.2 Å². The van der Waals surface area contributed by atoms with Gasteiger partial charge in [0.2, 0.25) is 5.75 Å². The van der Waals surface area contributed by atoms with Gasteiger partial charge in [-0.3, -0.25) is 4.79 Å². The highest BCUT2D eigenvalue weighted by molar-refractivity contribution is 5.87. The molecule has 0 N–H and O–H groups in total. The zero-order valence-corrected chi connectivity index (χ0v) is 17.7. The lowest BCUT2D eigenvalue weighted by Crippen LogP contribution is -2.42. The molecule has 0 aromatic heterocycles. The van der Waals surface area contributed by atoms with Crippen molar-refractivity contribution in [3.05, 3.63) is 35.9 Å². The van der Waals surface area contributed by atoms with E-state index < -0.39 is 53.4 Å². The molecule has 0 spiro atoms. The SMILES string of the molecule is CCCCCC1CC(F)C(C(=O)Oc2ccc3c(F)c(OC(F)(F)F)c(F)cc3c2)C(F)C1. The maximum absolute atomic E-state index is 14.6. The second-order valence-corrected chi connectivity index (χ2v) is 8.24. The molecule has 2 unspecified atom stereocenters. The lowest BCUT2D eigenvalue weighted by atomic mass is 9.77. The standard InChI is InChI=1S/C23H23F7O3/c1-2-3-4-5-12-8-16(24)19(17(25)9-12)22(31)32-14-6-7-15-13(10-14)11-18(26)21(20(15)27)33-23(28,29)30/h6-7,10-12,16-17,19H,2-5,8-9H2,1H3. The minimum Gasteiger partial charge on any atom is -0.426 e. The highest BCUT2D eigenvalue weighted by atomic mass is 19.4. The van der Waals surface area contributed by atoms with Gasteiger partial charge >= 0.3 is 12.3 Å². The van der Waals surface area contributed by atoms with E-state index in [1.165, 1.54) is 0 Å². The van der Waals surface area contributed by atoms with Crippen molar-refractivity contribution in [2.24, 2.45) is 11.8 Å². The van der Waals surface area contributed by atoms with Crippen molar-refractivity contribution >= 4 is 16.7 Å². The number of esters is 1. The Bertz CT molecular complexity index is 980. The lowest BCUT2D eigenvalue weighted by Gasteiger charge is -2.33. The molecule has 1 saturated carbocycles. The zero-order chi connectivity index (χ0) is 24.3. The molecule has 182 valence electrons. The zero-order valence-electron chi connectivity index (χ0n) is 17.7. The van der Waals surface area contributed by atoms with Gasteiger partial charge in [-0.1, -0.05) is 32.6 Å². The summed E-state index contributed by atoms with van der Waals surface area (Å²) in [4.78, 5) is 12.4. The number of fused-ring (bicyclic) bond motifs is 1. The van der Waals surface area contributed by atoms with E-state index in [0.717, 1.165) is 37.5 Å². The van der Waals surface area contributed by atoms with E-state index in [9.17, 15) is 35.5 Å². The number of alkyl halides is 5. The summed E-state index contributed by atoms with van der Waals surface area (Å²) in [6.07, 6.45) is -5.20. The van der Waals surface area contributed by atoms with Gasteiger partial charge < -0.3 is 9.47 Å². The number of carbonyl (C=O) groups excluding carboxylic acids is 1. The fourth-order valence-electron chi connectivity index (χ4n) is 4.21. The molecule has 1 fully saturated rings. The van der Waals surface area contributed by atoms with Gasteiger partial charge in [-0.05, 0) is 48.4 Å². The van der Waals surface area contributed by atoms with E-state index in [1.54, 1.807) is 0 Å². The first-order valence-electron chi connectivity index (χ1n) is 10.7. The molecule has 0 radical (unpaired) electrons. The number of halogens is 7. The topological polar surface area (TPSA) is 35.5 Å². The van der Waals surface area contributed by atoms with Crippen LogP contribution in [-0.2, 0) is 4.79 Å². The van der Waals surface area contributed by atoms with Crippen LogP contribution in [0.2, 0.25) is 0 Å². The smallest absolute Gasteiger partial charge is 0.426 e. The molecule has 2 atom stereocenters. The molecule has 1 aliphatic rings. The van der Waals surface area contributed by atoms with Crippen LogP contribution in [0.15, 0.2) is 24.3 Å². The van der Waals surface area contributed by atoms with Gasteiger partial charge in [0.25, 0.3) is 0 Å². The number of unbranched alkanes of at least 4 members (excludes halogenated alkanes) is 2. The molecule has 0 amide bonds. The number of hydrogen-bond acceptors (Lipinski definition) is 3. The van der Waals surface area contributed by atoms with Crippen molar-refractivity contribution in [3.63, 3.8) is 0 Å². The predicted molar refractivity (Wildman–Crippen MR) is 106 cm³/mol. The second-order valence-electron chi connectivity index (χ2n) is 8.24. The summed E-state index contributed by atoms with van der Waals surface area (Å²) in [6, 6.07) is 3.57. The van der Waals surface area contributed by atoms with Gasteiger partial charge in [0.1, 0.15) is 24.0 Å². The van der Waals surface area contributed by atoms with Gasteiger partial charge in [0, 0.05) is 5.39 Å². The average molecular weight is 480 g/mol. The minimum absolute atomic E-state index is 0.0417. The Morgan fingerprint density at radius 3 is 2.33 bits per heavy atom. The van der Waals surface area contributed by atoms with Crippen LogP contribution in [0.5, 0.6) is 11.5 Å². The molecule has 0 aliphatic heterocycles. The quantitative estimate of drug-likeness (QED) is 0.182. The number of carbonyl (C=O) groups is 1. The predicted octanol–water partition coefficient (Wildman–Crippen LogP) is 7.20. The summed E-state index contributed by atoms with van der Waals surface area (Å²) >= 11 is 0. The molecule has 10 heteroatoms. The first-order chi connectivity index (χ1) is 15.5. The Morgan fingerprint density at radius 2 is 1.73 bits per heavy atom. The highest BCUT2D eigenvalue weighted by Gasteiger charge is 2.44.